The molecule has 2 heterocycles. The summed E-state index contributed by atoms with van der Waals surface area (Å²) in [6.45, 7) is 7.84. The number of amides is 1. The molecule has 0 spiro atoms. The molecule has 3 aliphatic rings. The highest BCUT2D eigenvalue weighted by Crippen LogP contribution is 2.57. The van der Waals surface area contributed by atoms with E-state index in [4.69, 9.17) is 9.26 Å². The van der Waals surface area contributed by atoms with Crippen LogP contribution in [0.15, 0.2) is 47.1 Å². The predicted molar refractivity (Wildman–Crippen MR) is 159 cm³/mol. The lowest BCUT2D eigenvalue weighted by molar-refractivity contribution is -0.243. The van der Waals surface area contributed by atoms with Crippen LogP contribution < -0.4 is 4.90 Å². The molecule has 12 heteroatoms. The maximum Gasteiger partial charge on any atom is 0.427 e. The quantitative estimate of drug-likeness (QED) is 0.250. The molecule has 0 radical (unpaired) electrons. The number of hydrogen-bond acceptors (Lipinski definition) is 7. The van der Waals surface area contributed by atoms with Gasteiger partial charge in [0.05, 0.1) is 5.60 Å². The number of carbonyl (C=O) groups excluding carboxylic acids is 1. The normalized spacial score (nSPS) is 22.4. The van der Waals surface area contributed by atoms with Crippen LogP contribution in [0.2, 0.25) is 0 Å². The van der Waals surface area contributed by atoms with Crippen molar-refractivity contribution in [1.29, 1.82) is 0 Å². The van der Waals surface area contributed by atoms with Crippen molar-refractivity contribution >= 4 is 11.9 Å². The maximum atomic E-state index is 14.4. The Morgan fingerprint density at radius 2 is 1.53 bits per heavy atom. The highest BCUT2D eigenvalue weighted by molar-refractivity contribution is 5.88. The number of halogens is 4. The van der Waals surface area contributed by atoms with Gasteiger partial charge in [-0.25, -0.2) is 14.2 Å². The fourth-order valence-corrected chi connectivity index (χ4v) is 6.24. The number of rotatable bonds is 8. The second-order valence-corrected chi connectivity index (χ2v) is 14.2. The first-order chi connectivity index (χ1) is 20.7. The summed E-state index contributed by atoms with van der Waals surface area (Å²) in [5.74, 6) is 0.577. The summed E-state index contributed by atoms with van der Waals surface area (Å²) in [7, 11) is 0. The van der Waals surface area contributed by atoms with Crippen LogP contribution in [0.4, 0.5) is 28.2 Å². The lowest BCUT2D eigenvalue weighted by atomic mass is 9.53. The van der Waals surface area contributed by atoms with Gasteiger partial charge >= 0.3 is 12.3 Å². The Hall–Kier alpha value is -3.54. The Bertz CT molecular complexity index is 1510. The molecule has 0 saturated heterocycles. The zero-order valence-electron chi connectivity index (χ0n) is 26.5. The number of fused-ring (bicyclic) bond motifs is 3. The molecule has 3 saturated carbocycles. The van der Waals surface area contributed by atoms with Gasteiger partial charge in [-0.05, 0) is 114 Å². The van der Waals surface area contributed by atoms with Crippen LogP contribution in [0.5, 0.6) is 0 Å². The molecule has 6 rings (SSSR count). The fourth-order valence-electron chi connectivity index (χ4n) is 6.24. The molecule has 8 nitrogen and oxygen atoms in total. The Labute approximate surface area is 260 Å². The molecule has 244 valence electrons. The summed E-state index contributed by atoms with van der Waals surface area (Å²) >= 11 is 0. The van der Waals surface area contributed by atoms with Crippen LogP contribution in [-0.2, 0) is 21.4 Å². The molecular weight excluding hydrogens is 592 g/mol. The number of aliphatic hydroxyl groups is 1. The van der Waals surface area contributed by atoms with Crippen molar-refractivity contribution in [3.8, 4) is 11.1 Å². The predicted octanol–water partition coefficient (Wildman–Crippen LogP) is 8.14. The summed E-state index contributed by atoms with van der Waals surface area (Å²) in [5, 5.41) is 14.4. The molecule has 45 heavy (non-hydrogen) atoms. The molecule has 3 aliphatic carbocycles. The first-order valence-electron chi connectivity index (χ1n) is 15.1. The monoisotopic (exact) mass is 632 g/mol. The lowest BCUT2D eigenvalue weighted by Crippen LogP contribution is -2.53. The van der Waals surface area contributed by atoms with Crippen molar-refractivity contribution in [2.24, 2.45) is 5.41 Å². The van der Waals surface area contributed by atoms with Gasteiger partial charge < -0.3 is 14.4 Å². The topological polar surface area (TPSA) is 102 Å². The van der Waals surface area contributed by atoms with Crippen LogP contribution in [0.1, 0.15) is 97.3 Å². The molecular formula is C33H40F4N4O4. The highest BCUT2D eigenvalue weighted by Gasteiger charge is 2.55. The van der Waals surface area contributed by atoms with E-state index in [0.29, 0.717) is 49.9 Å². The van der Waals surface area contributed by atoms with E-state index < -0.39 is 34.6 Å². The molecule has 1 N–H and O–H groups in total. The average molecular weight is 633 g/mol. The van der Waals surface area contributed by atoms with Gasteiger partial charge in [-0.1, -0.05) is 29.4 Å². The van der Waals surface area contributed by atoms with Crippen LogP contribution in [0.25, 0.3) is 11.1 Å². The van der Waals surface area contributed by atoms with Crippen molar-refractivity contribution in [2.45, 2.75) is 109 Å². The number of ether oxygens (including phenoxy) is 1. The maximum absolute atomic E-state index is 14.4. The minimum absolute atomic E-state index is 0.0730. The van der Waals surface area contributed by atoms with Crippen molar-refractivity contribution in [1.82, 2.24) is 15.1 Å². The van der Waals surface area contributed by atoms with E-state index in [-0.39, 0.29) is 23.7 Å². The van der Waals surface area contributed by atoms with E-state index >= 15 is 0 Å². The third-order valence-electron chi connectivity index (χ3n) is 9.50. The Kier molecular flexibility index (Phi) is 8.07. The summed E-state index contributed by atoms with van der Waals surface area (Å²) in [5.41, 5.74) is -4.10. The van der Waals surface area contributed by atoms with Gasteiger partial charge in [0, 0.05) is 18.2 Å². The minimum atomic E-state index is -4.78. The van der Waals surface area contributed by atoms with Gasteiger partial charge in [0.1, 0.15) is 5.82 Å². The SMILES string of the molecule is CC(C)(O)c1ccc(-c2ccnc(N(CC34CCC(c5noc(C(C)(C)F)n5)(CC3)CC4)C(=O)OC(C)(C)C(F)(F)F)c2)cc1. The second-order valence-electron chi connectivity index (χ2n) is 14.2. The number of anilines is 1. The van der Waals surface area contributed by atoms with Gasteiger partial charge in [0.15, 0.2) is 11.5 Å². The van der Waals surface area contributed by atoms with Gasteiger partial charge in [-0.15, -0.1) is 0 Å². The summed E-state index contributed by atoms with van der Waals surface area (Å²) in [6, 6.07) is 10.7. The molecule has 1 aromatic carbocycles. The fraction of sp³-hybridized carbons (Fsp3) is 0.576. The highest BCUT2D eigenvalue weighted by atomic mass is 19.4. The van der Waals surface area contributed by atoms with Crippen molar-refractivity contribution in [2.75, 3.05) is 11.4 Å². The molecule has 3 aromatic rings. The van der Waals surface area contributed by atoms with Crippen LogP contribution in [0, 0.1) is 5.41 Å². The largest absolute Gasteiger partial charge is 0.433 e. The molecule has 2 bridgehead atoms. The van der Waals surface area contributed by atoms with E-state index in [2.05, 4.69) is 15.1 Å². The number of hydrogen-bond donors (Lipinski definition) is 1. The van der Waals surface area contributed by atoms with Gasteiger partial charge in [-0.3, -0.25) is 4.90 Å². The first-order valence-corrected chi connectivity index (χ1v) is 15.1. The Morgan fingerprint density at radius 1 is 0.933 bits per heavy atom. The van der Waals surface area contributed by atoms with Crippen LogP contribution >= 0.6 is 0 Å². The molecule has 0 unspecified atom stereocenters. The zero-order valence-corrected chi connectivity index (χ0v) is 26.5. The van der Waals surface area contributed by atoms with E-state index in [1.54, 1.807) is 38.1 Å². The molecule has 3 fully saturated rings. The minimum Gasteiger partial charge on any atom is -0.433 e. The van der Waals surface area contributed by atoms with Gasteiger partial charge in [-0.2, -0.15) is 18.2 Å². The van der Waals surface area contributed by atoms with E-state index in [9.17, 15) is 27.5 Å². The number of alkyl halides is 4. The second kappa shape index (κ2) is 11.1. The summed E-state index contributed by atoms with van der Waals surface area (Å²) in [4.78, 5) is 23.6. The van der Waals surface area contributed by atoms with Gasteiger partial charge in [0.2, 0.25) is 5.60 Å². The third kappa shape index (κ3) is 6.57. The standard InChI is InChI=1S/C33H40F4N4O4/c1-28(2,34)26-39-25(40-45-26)32-15-12-31(13-16-32,14-17-32)20-41(27(42)44-30(5,6)33(35,36)37)24-19-22(11-18-38-24)21-7-9-23(10-8-21)29(3,4)43/h7-11,18-19,43H,12-17,20H2,1-6H3. The van der Waals surface area contributed by atoms with Gasteiger partial charge in [0.25, 0.3) is 5.89 Å². The zero-order chi connectivity index (χ0) is 33.1. The summed E-state index contributed by atoms with van der Waals surface area (Å²) < 4.78 is 66.1. The van der Waals surface area contributed by atoms with Crippen molar-refractivity contribution < 1.29 is 36.7 Å². The van der Waals surface area contributed by atoms with Crippen molar-refractivity contribution in [3.63, 3.8) is 0 Å². The summed E-state index contributed by atoms with van der Waals surface area (Å²) in [6.07, 6.45) is -0.458. The molecule has 0 atom stereocenters. The number of pyridine rings is 1. The molecule has 1 amide bonds. The lowest BCUT2D eigenvalue weighted by Gasteiger charge is -2.53. The van der Waals surface area contributed by atoms with E-state index in [1.807, 2.05) is 12.1 Å². The number of nitrogens with zero attached hydrogens (tertiary/aromatic N) is 4. The molecule has 2 aromatic heterocycles. The number of aromatic nitrogens is 3. The Balaban J connectivity index is 1.43. The van der Waals surface area contributed by atoms with Crippen molar-refractivity contribution in [3.05, 3.63) is 59.9 Å². The third-order valence-corrected chi connectivity index (χ3v) is 9.50. The van der Waals surface area contributed by atoms with E-state index in [0.717, 1.165) is 25.0 Å². The van der Waals surface area contributed by atoms with E-state index in [1.165, 1.54) is 24.9 Å². The number of benzene rings is 1. The Morgan fingerprint density at radius 3 is 2.04 bits per heavy atom. The average Bonchev–Trinajstić information content (AvgIpc) is 3.48. The first kappa shape index (κ1) is 32.8. The van der Waals surface area contributed by atoms with Crippen LogP contribution in [-0.4, -0.2) is 44.6 Å². The number of carbonyl (C=O) groups is 1. The molecule has 0 aliphatic heterocycles. The smallest absolute Gasteiger partial charge is 0.427 e. The van der Waals surface area contributed by atoms with Crippen LogP contribution in [0.3, 0.4) is 0 Å².